The third-order valence-electron chi connectivity index (χ3n) is 3.93. The Bertz CT molecular complexity index is 747. The van der Waals surface area contributed by atoms with Crippen LogP contribution in [-0.4, -0.2) is 20.5 Å². The van der Waals surface area contributed by atoms with Crippen molar-refractivity contribution in [3.63, 3.8) is 0 Å². The van der Waals surface area contributed by atoms with Gasteiger partial charge in [0.25, 0.3) is 0 Å². The molecule has 0 bridgehead atoms. The van der Waals surface area contributed by atoms with Gasteiger partial charge in [-0.25, -0.2) is 4.39 Å². The van der Waals surface area contributed by atoms with Crippen LogP contribution in [0.15, 0.2) is 60.0 Å². The standard InChI is InChI=1S/C20H25ClFNOSi/c1-6-7-12-20(24-25(3,4)5)15-23(13-8-9-19(20)21)18-14-17(22)11-10-16(18)2/h7-11,13-14H,1,12,15H2,2-5H3. The Kier molecular flexibility index (Phi) is 6.12. The topological polar surface area (TPSA) is 12.5 Å². The van der Waals surface area contributed by atoms with E-state index in [1.807, 2.05) is 36.3 Å². The Labute approximate surface area is 156 Å². The van der Waals surface area contributed by atoms with Gasteiger partial charge in [-0.15, -0.1) is 5.73 Å². The van der Waals surface area contributed by atoms with Gasteiger partial charge in [-0.1, -0.05) is 24.2 Å². The molecular formula is C20H25ClFNOSi. The SMILES string of the molecule is C=C=CCC1(O[Si](C)(C)C)CN(c2cc(F)ccc2C)C=CC=C1Cl. The predicted octanol–water partition coefficient (Wildman–Crippen LogP) is 5.91. The summed E-state index contributed by atoms with van der Waals surface area (Å²) >= 11 is 6.65. The lowest BCUT2D eigenvalue weighted by Gasteiger charge is -2.41. The molecule has 2 nitrogen and oxygen atoms in total. The summed E-state index contributed by atoms with van der Waals surface area (Å²) in [5.74, 6) is -0.264. The number of hydrogen-bond donors (Lipinski definition) is 0. The first-order valence-corrected chi connectivity index (χ1v) is 12.1. The van der Waals surface area contributed by atoms with E-state index < -0.39 is 13.9 Å². The van der Waals surface area contributed by atoms with Crippen molar-refractivity contribution in [1.29, 1.82) is 0 Å². The molecule has 1 aromatic rings. The molecule has 2 rings (SSSR count). The van der Waals surface area contributed by atoms with E-state index in [4.69, 9.17) is 16.0 Å². The van der Waals surface area contributed by atoms with Gasteiger partial charge < -0.3 is 9.33 Å². The van der Waals surface area contributed by atoms with Gasteiger partial charge in [-0.3, -0.25) is 0 Å². The predicted molar refractivity (Wildman–Crippen MR) is 107 cm³/mol. The number of halogens is 2. The first-order valence-electron chi connectivity index (χ1n) is 8.29. The highest BCUT2D eigenvalue weighted by Crippen LogP contribution is 2.37. The van der Waals surface area contributed by atoms with Gasteiger partial charge in [-0.2, -0.15) is 0 Å². The van der Waals surface area contributed by atoms with Crippen molar-refractivity contribution in [1.82, 2.24) is 0 Å². The largest absolute Gasteiger partial charge is 0.405 e. The summed E-state index contributed by atoms with van der Waals surface area (Å²) in [6.07, 6.45) is 8.05. The van der Waals surface area contributed by atoms with E-state index >= 15 is 0 Å². The van der Waals surface area contributed by atoms with Crippen LogP contribution in [0.4, 0.5) is 10.1 Å². The lowest BCUT2D eigenvalue weighted by molar-refractivity contribution is 0.119. The van der Waals surface area contributed by atoms with E-state index in [9.17, 15) is 4.39 Å². The number of hydrogen-bond acceptors (Lipinski definition) is 2. The Morgan fingerprint density at radius 2 is 2.16 bits per heavy atom. The zero-order valence-corrected chi connectivity index (χ0v) is 17.0. The average molecular weight is 378 g/mol. The average Bonchev–Trinajstić information content (AvgIpc) is 2.66. The van der Waals surface area contributed by atoms with E-state index in [2.05, 4.69) is 32.0 Å². The number of benzene rings is 1. The molecule has 1 heterocycles. The molecule has 1 aromatic carbocycles. The van der Waals surface area contributed by atoms with Crippen LogP contribution in [0.3, 0.4) is 0 Å². The molecule has 0 spiro atoms. The fourth-order valence-corrected chi connectivity index (χ4v) is 4.69. The summed E-state index contributed by atoms with van der Waals surface area (Å²) in [6.45, 7) is 12.5. The van der Waals surface area contributed by atoms with Crippen molar-refractivity contribution in [2.75, 3.05) is 11.4 Å². The first kappa shape index (κ1) is 19.7. The van der Waals surface area contributed by atoms with Crippen molar-refractivity contribution in [3.05, 3.63) is 71.4 Å². The van der Waals surface area contributed by atoms with Crippen LogP contribution in [0.2, 0.25) is 19.6 Å². The Morgan fingerprint density at radius 1 is 1.44 bits per heavy atom. The van der Waals surface area contributed by atoms with Gasteiger partial charge in [0.15, 0.2) is 8.32 Å². The highest BCUT2D eigenvalue weighted by molar-refractivity contribution is 6.70. The quantitative estimate of drug-likeness (QED) is 0.467. The monoisotopic (exact) mass is 377 g/mol. The van der Waals surface area contributed by atoms with Crippen molar-refractivity contribution >= 4 is 25.6 Å². The van der Waals surface area contributed by atoms with E-state index in [-0.39, 0.29) is 5.82 Å². The normalized spacial score (nSPS) is 20.7. The van der Waals surface area contributed by atoms with Crippen molar-refractivity contribution < 1.29 is 8.82 Å². The number of aryl methyl sites for hydroxylation is 1. The fourth-order valence-electron chi connectivity index (χ4n) is 2.95. The Morgan fingerprint density at radius 3 is 2.80 bits per heavy atom. The molecule has 1 unspecified atom stereocenters. The summed E-state index contributed by atoms with van der Waals surface area (Å²) in [5, 5.41) is 0.634. The van der Waals surface area contributed by atoms with Gasteiger partial charge >= 0.3 is 0 Å². The first-order chi connectivity index (χ1) is 11.7. The van der Waals surface area contributed by atoms with Crippen molar-refractivity contribution in [2.45, 2.75) is 38.6 Å². The lowest BCUT2D eigenvalue weighted by Crippen LogP contribution is -2.49. The number of nitrogens with zero attached hydrogens (tertiary/aromatic N) is 1. The van der Waals surface area contributed by atoms with Crippen LogP contribution in [0.5, 0.6) is 0 Å². The third-order valence-corrected chi connectivity index (χ3v) is 5.40. The molecule has 0 fully saturated rings. The molecule has 1 aliphatic heterocycles. The molecule has 134 valence electrons. The molecular weight excluding hydrogens is 353 g/mol. The molecule has 0 radical (unpaired) electrons. The highest BCUT2D eigenvalue weighted by Gasteiger charge is 2.40. The summed E-state index contributed by atoms with van der Waals surface area (Å²) in [5.41, 5.74) is 3.91. The molecule has 0 saturated heterocycles. The van der Waals surface area contributed by atoms with Crippen LogP contribution in [0.25, 0.3) is 0 Å². The second-order valence-electron chi connectivity index (χ2n) is 7.24. The summed E-state index contributed by atoms with van der Waals surface area (Å²) < 4.78 is 20.4. The van der Waals surface area contributed by atoms with Crippen molar-refractivity contribution in [3.8, 4) is 0 Å². The Hall–Kier alpha value is -1.58. The van der Waals surface area contributed by atoms with Gasteiger partial charge in [0.1, 0.15) is 11.4 Å². The molecule has 0 aromatic heterocycles. The zero-order valence-electron chi connectivity index (χ0n) is 15.3. The summed E-state index contributed by atoms with van der Waals surface area (Å²) in [6, 6.07) is 4.79. The van der Waals surface area contributed by atoms with E-state index in [0.29, 0.717) is 18.0 Å². The fraction of sp³-hybridized carbons (Fsp3) is 0.350. The van der Waals surface area contributed by atoms with Crippen LogP contribution in [0, 0.1) is 12.7 Å². The number of anilines is 1. The molecule has 25 heavy (non-hydrogen) atoms. The minimum Gasteiger partial charge on any atom is -0.405 e. The van der Waals surface area contributed by atoms with Crippen LogP contribution in [0.1, 0.15) is 12.0 Å². The number of allylic oxidation sites excluding steroid dienone is 2. The van der Waals surface area contributed by atoms with Gasteiger partial charge in [-0.05, 0) is 62.5 Å². The Balaban J connectivity index is 2.50. The van der Waals surface area contributed by atoms with Crippen molar-refractivity contribution in [2.24, 2.45) is 0 Å². The summed E-state index contributed by atoms with van der Waals surface area (Å²) in [4.78, 5) is 2.00. The van der Waals surface area contributed by atoms with E-state index in [1.165, 1.54) is 6.07 Å². The van der Waals surface area contributed by atoms with E-state index in [0.717, 1.165) is 11.3 Å². The molecule has 0 amide bonds. The van der Waals surface area contributed by atoms with Crippen LogP contribution >= 0.6 is 11.6 Å². The lowest BCUT2D eigenvalue weighted by atomic mass is 9.97. The van der Waals surface area contributed by atoms with Crippen LogP contribution in [-0.2, 0) is 4.43 Å². The zero-order chi connectivity index (χ0) is 18.7. The minimum absolute atomic E-state index is 0.264. The molecule has 1 aliphatic rings. The van der Waals surface area contributed by atoms with E-state index in [1.54, 1.807) is 12.1 Å². The van der Waals surface area contributed by atoms with Gasteiger partial charge in [0.05, 0.1) is 11.6 Å². The second-order valence-corrected chi connectivity index (χ2v) is 12.1. The molecule has 1 atom stereocenters. The smallest absolute Gasteiger partial charge is 0.185 e. The maximum Gasteiger partial charge on any atom is 0.185 e. The van der Waals surface area contributed by atoms with Gasteiger partial charge in [0, 0.05) is 18.3 Å². The third kappa shape index (κ3) is 4.96. The molecule has 0 aliphatic carbocycles. The minimum atomic E-state index is -1.91. The molecule has 5 heteroatoms. The summed E-state index contributed by atoms with van der Waals surface area (Å²) in [7, 11) is -1.91. The molecule has 0 N–H and O–H groups in total. The van der Waals surface area contributed by atoms with Crippen LogP contribution < -0.4 is 4.90 Å². The number of rotatable bonds is 5. The maximum absolute atomic E-state index is 13.8. The molecule has 0 saturated carbocycles. The second kappa shape index (κ2) is 7.75. The highest BCUT2D eigenvalue weighted by atomic mass is 35.5. The maximum atomic E-state index is 13.8. The van der Waals surface area contributed by atoms with Gasteiger partial charge in [0.2, 0.25) is 0 Å².